The molecular formula is C41H47Cl2Si2Zr-. The topological polar surface area (TPSA) is 0 Å². The summed E-state index contributed by atoms with van der Waals surface area (Å²) in [6, 6.07) is 28.2. The van der Waals surface area contributed by atoms with Crippen LogP contribution >= 0.6 is 0 Å². The van der Waals surface area contributed by atoms with Crippen LogP contribution < -0.4 is 35.3 Å². The van der Waals surface area contributed by atoms with Crippen molar-refractivity contribution < 1.29 is 49.0 Å². The zero-order valence-electron chi connectivity index (χ0n) is 28.7. The fraction of sp³-hybridized carbons (Fsp3) is 0.293. The Morgan fingerprint density at radius 3 is 1.87 bits per heavy atom. The van der Waals surface area contributed by atoms with Gasteiger partial charge in [0.2, 0.25) is 0 Å². The van der Waals surface area contributed by atoms with Gasteiger partial charge in [-0.1, -0.05) is 118 Å². The van der Waals surface area contributed by atoms with Crippen molar-refractivity contribution in [3.8, 4) is 0 Å². The Balaban J connectivity index is 0.000000304. The molecule has 0 N–H and O–H groups in total. The molecule has 0 heterocycles. The van der Waals surface area contributed by atoms with Crippen molar-refractivity contribution >= 4 is 31.0 Å². The molecule has 0 saturated heterocycles. The van der Waals surface area contributed by atoms with E-state index in [1.165, 1.54) is 77.7 Å². The monoisotopic (exact) mass is 755 g/mol. The summed E-state index contributed by atoms with van der Waals surface area (Å²) in [5.74, 6) is 0. The Morgan fingerprint density at radius 1 is 0.826 bits per heavy atom. The molecule has 0 nitrogen and oxygen atoms in total. The van der Waals surface area contributed by atoms with Crippen LogP contribution in [0.1, 0.15) is 43.4 Å². The molecule has 0 aromatic heterocycles. The van der Waals surface area contributed by atoms with Crippen LogP contribution in [0.15, 0.2) is 125 Å². The first-order valence-electron chi connectivity index (χ1n) is 16.2. The van der Waals surface area contributed by atoms with Gasteiger partial charge in [-0.2, -0.15) is 0 Å². The van der Waals surface area contributed by atoms with Crippen molar-refractivity contribution in [2.75, 3.05) is 0 Å². The van der Waals surface area contributed by atoms with Crippen molar-refractivity contribution in [1.29, 1.82) is 0 Å². The first-order chi connectivity index (χ1) is 20.9. The van der Waals surface area contributed by atoms with Crippen LogP contribution in [-0.2, 0) is 30.7 Å². The van der Waals surface area contributed by atoms with Crippen molar-refractivity contribution in [3.05, 3.63) is 152 Å². The van der Waals surface area contributed by atoms with Gasteiger partial charge in [0.1, 0.15) is 0 Å². The van der Waals surface area contributed by atoms with Crippen LogP contribution in [0.2, 0.25) is 44.3 Å². The average Bonchev–Trinajstić information content (AvgIpc) is 3.68. The van der Waals surface area contributed by atoms with Crippen molar-refractivity contribution in [2.45, 2.75) is 77.4 Å². The zero-order valence-corrected chi connectivity index (χ0v) is 34.7. The minimum absolute atomic E-state index is 0. The van der Waals surface area contributed by atoms with Crippen LogP contribution in [0, 0.1) is 0 Å². The van der Waals surface area contributed by atoms with Gasteiger partial charge in [-0.3, -0.25) is 0 Å². The number of hydrogen-bond acceptors (Lipinski definition) is 0. The summed E-state index contributed by atoms with van der Waals surface area (Å²) in [6.45, 7) is 19.9. The number of rotatable bonds is 7. The van der Waals surface area contributed by atoms with Gasteiger partial charge in [0, 0.05) is 0 Å². The predicted molar refractivity (Wildman–Crippen MR) is 195 cm³/mol. The maximum absolute atomic E-state index is 3.98. The van der Waals surface area contributed by atoms with E-state index in [4.69, 9.17) is 0 Å². The average molecular weight is 758 g/mol. The number of hydrogen-bond donors (Lipinski definition) is 0. The quantitative estimate of drug-likeness (QED) is 0.257. The Hall–Kier alpha value is -1.87. The van der Waals surface area contributed by atoms with E-state index >= 15 is 0 Å². The van der Waals surface area contributed by atoms with Gasteiger partial charge >= 0.3 is 99.2 Å². The summed E-state index contributed by atoms with van der Waals surface area (Å²) in [5, 5.41) is 4.56. The van der Waals surface area contributed by atoms with Gasteiger partial charge in [-0.15, -0.1) is 33.7 Å². The molecule has 5 heteroatoms. The summed E-state index contributed by atoms with van der Waals surface area (Å²) in [5.41, 5.74) is 10.1. The molecule has 6 rings (SSSR count). The van der Waals surface area contributed by atoms with Crippen LogP contribution in [-0.4, -0.2) is 19.4 Å². The minimum atomic E-state index is -1.57. The molecule has 3 aliphatic rings. The summed E-state index contributed by atoms with van der Waals surface area (Å²) >= 11 is 1.46. The molecule has 0 fully saturated rings. The Kier molecular flexibility index (Phi) is 13.1. The first-order valence-corrected chi connectivity index (χ1v) is 24.5. The van der Waals surface area contributed by atoms with E-state index in [0.717, 1.165) is 12.8 Å². The molecule has 3 aliphatic carbocycles. The Morgan fingerprint density at radius 2 is 1.41 bits per heavy atom. The van der Waals surface area contributed by atoms with Gasteiger partial charge in [0.05, 0.1) is 16.1 Å². The molecule has 1 unspecified atom stereocenters. The van der Waals surface area contributed by atoms with Gasteiger partial charge in [-0.05, 0) is 17.9 Å². The second-order valence-electron chi connectivity index (χ2n) is 14.3. The molecule has 46 heavy (non-hydrogen) atoms. The third-order valence-corrected chi connectivity index (χ3v) is 16.4. The maximum atomic E-state index is 3.98. The molecule has 1 atom stereocenters. The molecule has 0 bridgehead atoms. The second-order valence-corrected chi connectivity index (χ2v) is 26.0. The standard InChI is InChI=1S/C28H37Si2.C13H10.2ClH.Zr/c1-9-20-15-16-23-22(17-20)18-24-26(23)25(29(3,4)5)19-28(10-2,30(6,7)8)27(24)21-13-11-12-14-21;1-3-7-12(8-4-1)11-13-9-5-2-6-10-13;;;/h11-13,15-17,19H,9-10,14H2,1-8H3;1-10H;2*1H;/q-1;;;;+2/p-2. The fourth-order valence-corrected chi connectivity index (χ4v) is 12.3. The summed E-state index contributed by atoms with van der Waals surface area (Å²) < 4.78 is 1.42. The molecular weight excluding hydrogens is 711 g/mol. The van der Waals surface area contributed by atoms with Gasteiger partial charge < -0.3 is 24.8 Å². The Labute approximate surface area is 307 Å². The first kappa shape index (κ1) is 38.6. The number of aryl methyl sites for hydroxylation is 1. The molecule has 0 spiro atoms. The number of allylic oxidation sites excluding steroid dienone is 8. The molecule has 3 aromatic carbocycles. The van der Waals surface area contributed by atoms with Crippen molar-refractivity contribution in [1.82, 2.24) is 0 Å². The van der Waals surface area contributed by atoms with Gasteiger partial charge in [-0.25, -0.2) is 0 Å². The summed E-state index contributed by atoms with van der Waals surface area (Å²) in [7, 11) is -3.12. The van der Waals surface area contributed by atoms with Crippen LogP contribution in [0.5, 0.6) is 0 Å². The van der Waals surface area contributed by atoms with Crippen LogP contribution in [0.3, 0.4) is 0 Å². The Bertz CT molecular complexity index is 1780. The number of halogens is 2. The van der Waals surface area contributed by atoms with E-state index < -0.39 is 16.1 Å². The van der Waals surface area contributed by atoms with E-state index in [1.54, 1.807) is 10.8 Å². The molecule has 0 radical (unpaired) electrons. The summed E-state index contributed by atoms with van der Waals surface area (Å²) in [6.07, 6.45) is 17.0. The second kappa shape index (κ2) is 15.6. The summed E-state index contributed by atoms with van der Waals surface area (Å²) in [4.78, 5) is 0. The molecule has 0 amide bonds. The predicted octanol–water partition coefficient (Wildman–Crippen LogP) is 3.37. The van der Waals surface area contributed by atoms with E-state index in [2.05, 4.69) is 162 Å². The molecule has 0 saturated carbocycles. The van der Waals surface area contributed by atoms with Crippen LogP contribution in [0.4, 0.5) is 0 Å². The van der Waals surface area contributed by atoms with E-state index in [0.29, 0.717) is 0 Å². The van der Waals surface area contributed by atoms with Crippen molar-refractivity contribution in [3.63, 3.8) is 0 Å². The van der Waals surface area contributed by atoms with E-state index in [1.807, 2.05) is 0 Å². The number of benzene rings is 3. The molecule has 0 aliphatic heterocycles. The van der Waals surface area contributed by atoms with Crippen molar-refractivity contribution in [2.24, 2.45) is 0 Å². The molecule has 3 aromatic rings. The number of fused-ring (bicyclic) bond motifs is 2. The molecule has 238 valence electrons. The van der Waals surface area contributed by atoms with Gasteiger partial charge in [0.25, 0.3) is 0 Å². The van der Waals surface area contributed by atoms with E-state index in [-0.39, 0.29) is 29.9 Å². The van der Waals surface area contributed by atoms with Crippen LogP contribution in [0.25, 0.3) is 11.6 Å². The normalized spacial score (nSPS) is 18.2. The zero-order chi connectivity index (χ0) is 31.7. The SMILES string of the molecule is CCc1ccc2c(c1)=[C-]C1=C(C3=CC=CC3)C(CC)([Si](C)(C)C)C=C([Si](C)(C)C)C=21.[Cl-].[Cl-].[Zr+2]=[C](c1ccccc1)c1ccccc1. The van der Waals surface area contributed by atoms with E-state index in [9.17, 15) is 0 Å². The third kappa shape index (κ3) is 7.55. The fourth-order valence-electron chi connectivity index (χ4n) is 6.99. The third-order valence-electron chi connectivity index (χ3n) is 9.55. The van der Waals surface area contributed by atoms with Gasteiger partial charge in [0.15, 0.2) is 0 Å².